The van der Waals surface area contributed by atoms with Gasteiger partial charge in [-0.2, -0.15) is 5.10 Å². The van der Waals surface area contributed by atoms with Gasteiger partial charge in [-0.25, -0.2) is 0 Å². The van der Waals surface area contributed by atoms with Gasteiger partial charge in [0.2, 0.25) is 0 Å². The van der Waals surface area contributed by atoms with Crippen LogP contribution in [0.4, 0.5) is 0 Å². The maximum Gasteiger partial charge on any atom is 0.0750 e. The minimum absolute atomic E-state index is 0.0244. The van der Waals surface area contributed by atoms with Crippen LogP contribution < -0.4 is 0 Å². The minimum atomic E-state index is -0.379. The number of aliphatic hydroxyl groups excluding tert-OH is 1. The second-order valence-electron chi connectivity index (χ2n) is 3.00. The number of aromatic nitrogens is 2. The highest BCUT2D eigenvalue weighted by Gasteiger charge is 2.14. The van der Waals surface area contributed by atoms with E-state index in [1.165, 1.54) is 0 Å². The Morgan fingerprint density at radius 3 is 2.50 bits per heavy atom. The van der Waals surface area contributed by atoms with Crippen molar-refractivity contribution >= 4 is 15.9 Å². The molecule has 0 radical (unpaired) electrons. The maximum atomic E-state index is 9.33. The van der Waals surface area contributed by atoms with E-state index >= 15 is 0 Å². The third-order valence-electron chi connectivity index (χ3n) is 2.07. The molecule has 1 aromatic heterocycles. The van der Waals surface area contributed by atoms with Crippen molar-refractivity contribution in [3.63, 3.8) is 0 Å². The van der Waals surface area contributed by atoms with Gasteiger partial charge in [-0.1, -0.05) is 0 Å². The SMILES string of the molecule is Cc1c(Br)cnn1[C@H](C)[C@@H](C)O. The summed E-state index contributed by atoms with van der Waals surface area (Å²) < 4.78 is 2.80. The van der Waals surface area contributed by atoms with Gasteiger partial charge >= 0.3 is 0 Å². The summed E-state index contributed by atoms with van der Waals surface area (Å²) in [6.45, 7) is 5.67. The summed E-state index contributed by atoms with van der Waals surface area (Å²) in [6, 6.07) is 0.0244. The second-order valence-corrected chi connectivity index (χ2v) is 3.86. The molecule has 1 aromatic rings. The van der Waals surface area contributed by atoms with Gasteiger partial charge in [0.05, 0.1) is 22.8 Å². The summed E-state index contributed by atoms with van der Waals surface area (Å²) in [5, 5.41) is 13.5. The molecule has 68 valence electrons. The van der Waals surface area contributed by atoms with Crippen molar-refractivity contribution in [1.29, 1.82) is 0 Å². The highest BCUT2D eigenvalue weighted by atomic mass is 79.9. The zero-order valence-electron chi connectivity index (χ0n) is 7.45. The van der Waals surface area contributed by atoms with E-state index in [1.54, 1.807) is 13.1 Å². The Bertz CT molecular complexity index is 270. The maximum absolute atomic E-state index is 9.33. The lowest BCUT2D eigenvalue weighted by atomic mass is 10.2. The van der Waals surface area contributed by atoms with Gasteiger partial charge < -0.3 is 5.11 Å². The number of nitrogens with zero attached hydrogens (tertiary/aromatic N) is 2. The third kappa shape index (κ3) is 1.69. The van der Waals surface area contributed by atoms with Crippen molar-refractivity contribution in [2.75, 3.05) is 0 Å². The summed E-state index contributed by atoms with van der Waals surface area (Å²) in [5.41, 5.74) is 1.04. The van der Waals surface area contributed by atoms with Crippen LogP contribution in [-0.2, 0) is 0 Å². The Balaban J connectivity index is 2.95. The molecule has 0 aromatic carbocycles. The average Bonchev–Trinajstić information content (AvgIpc) is 2.32. The fraction of sp³-hybridized carbons (Fsp3) is 0.625. The molecule has 1 N–H and O–H groups in total. The number of aliphatic hydroxyl groups is 1. The molecule has 1 rings (SSSR count). The van der Waals surface area contributed by atoms with Crippen LogP contribution >= 0.6 is 15.9 Å². The molecule has 2 atom stereocenters. The number of hydrogen-bond donors (Lipinski definition) is 1. The van der Waals surface area contributed by atoms with Crippen LogP contribution in [0.15, 0.2) is 10.7 Å². The lowest BCUT2D eigenvalue weighted by Crippen LogP contribution is -2.20. The highest BCUT2D eigenvalue weighted by molar-refractivity contribution is 9.10. The normalized spacial score (nSPS) is 16.1. The standard InChI is InChI=1S/C8H13BrN2O/c1-5(7(3)12)11-6(2)8(9)4-10-11/h4-5,7,12H,1-3H3/t5-,7-/m1/s1. The lowest BCUT2D eigenvalue weighted by Gasteiger charge is -2.16. The molecule has 0 unspecified atom stereocenters. The van der Waals surface area contributed by atoms with Crippen LogP contribution in [0, 0.1) is 6.92 Å². The van der Waals surface area contributed by atoms with Crippen molar-refractivity contribution in [2.45, 2.75) is 32.9 Å². The Labute approximate surface area is 80.5 Å². The first-order chi connectivity index (χ1) is 5.54. The summed E-state index contributed by atoms with van der Waals surface area (Å²) in [5.74, 6) is 0. The summed E-state index contributed by atoms with van der Waals surface area (Å²) in [7, 11) is 0. The molecule has 0 aliphatic rings. The lowest BCUT2D eigenvalue weighted by molar-refractivity contribution is 0.131. The first kappa shape index (κ1) is 9.74. The van der Waals surface area contributed by atoms with Crippen LogP contribution in [0.1, 0.15) is 25.6 Å². The van der Waals surface area contributed by atoms with Gasteiger partial charge in [0.25, 0.3) is 0 Å². The van der Waals surface area contributed by atoms with E-state index < -0.39 is 0 Å². The first-order valence-corrected chi connectivity index (χ1v) is 4.71. The van der Waals surface area contributed by atoms with E-state index in [9.17, 15) is 5.11 Å². The molecule has 0 aliphatic carbocycles. The van der Waals surface area contributed by atoms with Gasteiger partial charge in [0, 0.05) is 5.69 Å². The van der Waals surface area contributed by atoms with Gasteiger partial charge in [0.1, 0.15) is 0 Å². The summed E-state index contributed by atoms with van der Waals surface area (Å²) >= 11 is 3.37. The van der Waals surface area contributed by atoms with Crippen LogP contribution in [0.3, 0.4) is 0 Å². The van der Waals surface area contributed by atoms with Crippen LogP contribution in [-0.4, -0.2) is 21.0 Å². The number of rotatable bonds is 2. The summed E-state index contributed by atoms with van der Waals surface area (Å²) in [4.78, 5) is 0. The van der Waals surface area contributed by atoms with Crippen LogP contribution in [0.2, 0.25) is 0 Å². The van der Waals surface area contributed by atoms with Gasteiger partial charge in [0.15, 0.2) is 0 Å². The summed E-state index contributed by atoms with van der Waals surface area (Å²) in [6.07, 6.45) is 1.37. The molecular formula is C8H13BrN2O. The molecule has 1 heterocycles. The van der Waals surface area contributed by atoms with Gasteiger partial charge in [-0.15, -0.1) is 0 Å². The van der Waals surface area contributed by atoms with Crippen molar-refractivity contribution in [2.24, 2.45) is 0 Å². The van der Waals surface area contributed by atoms with E-state index in [0.717, 1.165) is 10.2 Å². The molecule has 4 heteroatoms. The van der Waals surface area contributed by atoms with Crippen molar-refractivity contribution < 1.29 is 5.11 Å². The minimum Gasteiger partial charge on any atom is -0.391 e. The smallest absolute Gasteiger partial charge is 0.0750 e. The molecule has 0 saturated carbocycles. The molecule has 0 spiro atoms. The van der Waals surface area contributed by atoms with E-state index in [4.69, 9.17) is 0 Å². The Kier molecular flexibility index (Phi) is 2.90. The fourth-order valence-electron chi connectivity index (χ4n) is 1.02. The molecule has 0 amide bonds. The van der Waals surface area contributed by atoms with Crippen molar-refractivity contribution in [3.05, 3.63) is 16.4 Å². The van der Waals surface area contributed by atoms with Crippen molar-refractivity contribution in [3.8, 4) is 0 Å². The average molecular weight is 233 g/mol. The van der Waals surface area contributed by atoms with E-state index in [1.807, 2.05) is 18.5 Å². The largest absolute Gasteiger partial charge is 0.391 e. The highest BCUT2D eigenvalue weighted by Crippen LogP contribution is 2.19. The second kappa shape index (κ2) is 3.58. The van der Waals surface area contributed by atoms with E-state index in [-0.39, 0.29) is 12.1 Å². The van der Waals surface area contributed by atoms with Crippen molar-refractivity contribution in [1.82, 2.24) is 9.78 Å². The third-order valence-corrected chi connectivity index (χ3v) is 2.85. The molecule has 0 aliphatic heterocycles. The fourth-order valence-corrected chi connectivity index (χ4v) is 1.29. The molecular weight excluding hydrogens is 220 g/mol. The van der Waals surface area contributed by atoms with Gasteiger partial charge in [-0.3, -0.25) is 4.68 Å². The zero-order chi connectivity index (χ0) is 9.30. The Morgan fingerprint density at radius 1 is 1.58 bits per heavy atom. The number of hydrogen-bond acceptors (Lipinski definition) is 2. The van der Waals surface area contributed by atoms with Crippen LogP contribution in [0.25, 0.3) is 0 Å². The quantitative estimate of drug-likeness (QED) is 0.847. The zero-order valence-corrected chi connectivity index (χ0v) is 9.04. The Morgan fingerprint density at radius 2 is 2.17 bits per heavy atom. The number of halogens is 1. The Hall–Kier alpha value is -0.350. The van der Waals surface area contributed by atoms with Crippen LogP contribution in [0.5, 0.6) is 0 Å². The predicted octanol–water partition coefficient (Wildman–Crippen LogP) is 1.90. The van der Waals surface area contributed by atoms with E-state index in [2.05, 4.69) is 21.0 Å². The molecule has 0 fully saturated rings. The van der Waals surface area contributed by atoms with Gasteiger partial charge in [-0.05, 0) is 36.7 Å². The molecule has 12 heavy (non-hydrogen) atoms. The molecule has 0 bridgehead atoms. The predicted molar refractivity (Wildman–Crippen MR) is 51.1 cm³/mol. The monoisotopic (exact) mass is 232 g/mol. The molecule has 0 saturated heterocycles. The topological polar surface area (TPSA) is 38.0 Å². The molecule has 3 nitrogen and oxygen atoms in total. The first-order valence-electron chi connectivity index (χ1n) is 3.91. The van der Waals surface area contributed by atoms with E-state index in [0.29, 0.717) is 0 Å².